The monoisotopic (exact) mass is 938 g/mol. The number of hydrogen-bond donors (Lipinski definition) is 11. The second kappa shape index (κ2) is 27.9. The number of hydrogen-bond acceptors (Lipinski definition) is 10. The molecule has 368 valence electrons. The van der Waals surface area contributed by atoms with Gasteiger partial charge in [-0.05, 0) is 96.6 Å². The molecule has 0 radical (unpaired) electrons. The SMILES string of the molecule is CC[C@H](C)[C@H](NC(=O)[C@H](Cc1ccc2ccccc2c1)NC(=O)[C@@H](N)CCCCN)C(=O)N[C@@H](CCCCN)C(=O)N[C@@H](Cc1ccc2ccccc2c1)C(=O)N[C@@H](CCCN=C(N)N)C(=O)O. The third-order valence-corrected chi connectivity index (χ3v) is 12.0. The lowest BCUT2D eigenvalue weighted by molar-refractivity contribution is -0.142. The Morgan fingerprint density at radius 1 is 0.559 bits per heavy atom. The molecule has 0 saturated heterocycles. The van der Waals surface area contributed by atoms with Crippen molar-refractivity contribution < 1.29 is 33.9 Å². The smallest absolute Gasteiger partial charge is 0.326 e. The minimum absolute atomic E-state index is 0.00335. The van der Waals surface area contributed by atoms with Crippen LogP contribution in [-0.4, -0.2) is 102 Å². The number of carbonyl (C=O) groups excluding carboxylic acids is 5. The Hall–Kier alpha value is -6.63. The van der Waals surface area contributed by atoms with Crippen molar-refractivity contribution >= 4 is 63.0 Å². The van der Waals surface area contributed by atoms with Crippen LogP contribution in [0.3, 0.4) is 0 Å². The molecule has 0 aliphatic carbocycles. The zero-order valence-electron chi connectivity index (χ0n) is 39.3. The molecule has 18 nitrogen and oxygen atoms in total. The second-order valence-electron chi connectivity index (χ2n) is 17.4. The average molecular weight is 938 g/mol. The van der Waals surface area contributed by atoms with Crippen LogP contribution in [0.5, 0.6) is 0 Å². The Bertz CT molecular complexity index is 2340. The fourth-order valence-corrected chi connectivity index (χ4v) is 7.82. The summed E-state index contributed by atoms with van der Waals surface area (Å²) in [6.45, 7) is 4.57. The lowest BCUT2D eigenvalue weighted by Gasteiger charge is -2.29. The van der Waals surface area contributed by atoms with E-state index in [2.05, 4.69) is 31.6 Å². The summed E-state index contributed by atoms with van der Waals surface area (Å²) in [5, 5.41) is 27.8. The molecular formula is C50H71N11O7. The predicted molar refractivity (Wildman–Crippen MR) is 266 cm³/mol. The highest BCUT2D eigenvalue weighted by Gasteiger charge is 2.35. The number of carbonyl (C=O) groups is 6. The number of nitrogens with zero attached hydrogens (tertiary/aromatic N) is 1. The van der Waals surface area contributed by atoms with E-state index in [1.165, 1.54) is 0 Å². The van der Waals surface area contributed by atoms with Gasteiger partial charge in [-0.3, -0.25) is 29.0 Å². The number of benzene rings is 4. The van der Waals surface area contributed by atoms with Crippen LogP contribution in [0.4, 0.5) is 0 Å². The third-order valence-electron chi connectivity index (χ3n) is 12.0. The van der Waals surface area contributed by atoms with Crippen LogP contribution in [0, 0.1) is 5.92 Å². The van der Waals surface area contributed by atoms with E-state index in [9.17, 15) is 33.9 Å². The van der Waals surface area contributed by atoms with E-state index >= 15 is 0 Å². The summed E-state index contributed by atoms with van der Waals surface area (Å²) in [6.07, 6.45) is 3.55. The molecule has 0 heterocycles. The maximum atomic E-state index is 14.4. The van der Waals surface area contributed by atoms with Crippen LogP contribution >= 0.6 is 0 Å². The zero-order chi connectivity index (χ0) is 49.6. The number of nitrogens with one attached hydrogen (secondary N) is 5. The largest absolute Gasteiger partial charge is 0.480 e. The first-order valence-electron chi connectivity index (χ1n) is 23.5. The van der Waals surface area contributed by atoms with E-state index in [0.717, 1.165) is 27.1 Å². The number of aliphatic carboxylic acids is 1. The van der Waals surface area contributed by atoms with Crippen molar-refractivity contribution in [3.63, 3.8) is 0 Å². The Kier molecular flexibility index (Phi) is 22.1. The molecule has 0 aliphatic rings. The van der Waals surface area contributed by atoms with Gasteiger partial charge in [-0.1, -0.05) is 112 Å². The lowest BCUT2D eigenvalue weighted by Crippen LogP contribution is -2.60. The van der Waals surface area contributed by atoms with Gasteiger partial charge in [0, 0.05) is 19.4 Å². The summed E-state index contributed by atoms with van der Waals surface area (Å²) in [7, 11) is 0. The van der Waals surface area contributed by atoms with Gasteiger partial charge in [-0.2, -0.15) is 0 Å². The number of unbranched alkanes of at least 4 members (excludes halogenated alkanes) is 2. The van der Waals surface area contributed by atoms with Crippen molar-refractivity contribution in [2.45, 2.75) is 121 Å². The van der Waals surface area contributed by atoms with E-state index in [0.29, 0.717) is 57.2 Å². The summed E-state index contributed by atoms with van der Waals surface area (Å²) >= 11 is 0. The number of amides is 5. The van der Waals surface area contributed by atoms with Gasteiger partial charge in [0.1, 0.15) is 30.2 Å². The van der Waals surface area contributed by atoms with Gasteiger partial charge < -0.3 is 60.4 Å². The molecule has 0 fully saturated rings. The van der Waals surface area contributed by atoms with Gasteiger partial charge in [0.25, 0.3) is 0 Å². The predicted octanol–water partition coefficient (Wildman–Crippen LogP) is 1.97. The van der Waals surface area contributed by atoms with E-state index in [1.54, 1.807) is 6.92 Å². The second-order valence-corrected chi connectivity index (χ2v) is 17.4. The molecule has 4 aromatic rings. The molecule has 0 spiro atoms. The van der Waals surface area contributed by atoms with Crippen LogP contribution < -0.4 is 55.3 Å². The molecule has 68 heavy (non-hydrogen) atoms. The minimum Gasteiger partial charge on any atom is -0.480 e. The Morgan fingerprint density at radius 2 is 1.01 bits per heavy atom. The van der Waals surface area contributed by atoms with E-state index in [4.69, 9.17) is 28.7 Å². The number of carboxylic acid groups (broad SMARTS) is 1. The normalized spacial score (nSPS) is 14.3. The molecule has 7 atom stereocenters. The highest BCUT2D eigenvalue weighted by Crippen LogP contribution is 2.20. The van der Waals surface area contributed by atoms with Gasteiger partial charge in [-0.25, -0.2) is 4.79 Å². The fourth-order valence-electron chi connectivity index (χ4n) is 7.82. The minimum atomic E-state index is -1.32. The van der Waals surface area contributed by atoms with Crippen molar-refractivity contribution in [2.75, 3.05) is 19.6 Å². The van der Waals surface area contributed by atoms with Gasteiger partial charge in [-0.15, -0.1) is 0 Å². The summed E-state index contributed by atoms with van der Waals surface area (Å²) in [5.41, 5.74) is 30.0. The van der Waals surface area contributed by atoms with Gasteiger partial charge >= 0.3 is 5.97 Å². The Labute approximate surface area is 398 Å². The first kappa shape index (κ1) is 54.0. The summed E-state index contributed by atoms with van der Waals surface area (Å²) in [5.74, 6) is -5.12. The average Bonchev–Trinajstić information content (AvgIpc) is 3.32. The third kappa shape index (κ3) is 17.2. The quantitative estimate of drug-likeness (QED) is 0.0212. The molecule has 0 unspecified atom stereocenters. The molecule has 16 N–H and O–H groups in total. The maximum Gasteiger partial charge on any atom is 0.326 e. The number of aliphatic imine (C=N–C) groups is 1. The maximum absolute atomic E-state index is 14.4. The van der Waals surface area contributed by atoms with Crippen molar-refractivity contribution in [3.05, 3.63) is 96.1 Å². The van der Waals surface area contributed by atoms with E-state index in [1.807, 2.05) is 91.9 Å². The molecule has 0 aromatic heterocycles. The number of carboxylic acids is 1. The summed E-state index contributed by atoms with van der Waals surface area (Å²) in [4.78, 5) is 86.9. The van der Waals surface area contributed by atoms with Crippen LogP contribution in [0.1, 0.15) is 82.8 Å². The fraction of sp³-hybridized carbons (Fsp3) is 0.460. The molecule has 0 aliphatic heterocycles. The first-order valence-corrected chi connectivity index (χ1v) is 23.5. The van der Waals surface area contributed by atoms with E-state index < -0.39 is 77.7 Å². The number of rotatable bonds is 29. The Morgan fingerprint density at radius 3 is 1.53 bits per heavy atom. The molecule has 4 rings (SSSR count). The van der Waals surface area contributed by atoms with Gasteiger partial charge in [0.05, 0.1) is 6.04 Å². The summed E-state index contributed by atoms with van der Waals surface area (Å²) in [6, 6.07) is 19.8. The van der Waals surface area contributed by atoms with Crippen molar-refractivity contribution in [3.8, 4) is 0 Å². The van der Waals surface area contributed by atoms with Crippen LogP contribution in [-0.2, 0) is 41.6 Å². The molecule has 5 amide bonds. The van der Waals surface area contributed by atoms with Crippen molar-refractivity contribution in [1.82, 2.24) is 26.6 Å². The van der Waals surface area contributed by atoms with Crippen LogP contribution in [0.25, 0.3) is 21.5 Å². The van der Waals surface area contributed by atoms with Gasteiger partial charge in [0.2, 0.25) is 29.5 Å². The van der Waals surface area contributed by atoms with Crippen LogP contribution in [0.15, 0.2) is 89.9 Å². The first-order chi connectivity index (χ1) is 32.6. The van der Waals surface area contributed by atoms with E-state index in [-0.39, 0.29) is 44.6 Å². The number of fused-ring (bicyclic) bond motifs is 2. The Balaban J connectivity index is 1.61. The highest BCUT2D eigenvalue weighted by atomic mass is 16.4. The number of guanidine groups is 1. The summed E-state index contributed by atoms with van der Waals surface area (Å²) < 4.78 is 0. The molecule has 0 bridgehead atoms. The molecule has 0 saturated carbocycles. The van der Waals surface area contributed by atoms with Crippen molar-refractivity contribution in [2.24, 2.45) is 39.6 Å². The lowest BCUT2D eigenvalue weighted by atomic mass is 9.95. The number of nitrogens with two attached hydrogens (primary N) is 5. The highest BCUT2D eigenvalue weighted by molar-refractivity contribution is 5.97. The van der Waals surface area contributed by atoms with Gasteiger partial charge in [0.15, 0.2) is 5.96 Å². The van der Waals surface area contributed by atoms with Crippen LogP contribution in [0.2, 0.25) is 0 Å². The standard InChI is InChI=1S/C50H71N11O7/c1-3-31(2)43(61-47(65)42(59-44(62)38(53)17-8-10-24-51)30-33-21-23-35-14-5-7-16-37(35)28-33)48(66)57-39(18-9-11-25-52)45(63)60-41(29-32-20-22-34-13-4-6-15-36(34)27-32)46(64)58-40(49(67)68)19-12-26-56-50(54)55/h4-7,13-16,20-23,27-28,31,38-43H,3,8-12,17-19,24-26,29-30,51-53H2,1-2H3,(H,57,66)(H,58,64)(H,59,62)(H,60,63)(H,61,65)(H,67,68)(H4,54,55,56)/t31-,38-,39-,40-,41-,42-,43-/m0/s1. The molecule has 4 aromatic carbocycles. The molecular weight excluding hydrogens is 867 g/mol. The zero-order valence-corrected chi connectivity index (χ0v) is 39.3. The van der Waals surface area contributed by atoms with Crippen molar-refractivity contribution in [1.29, 1.82) is 0 Å². The topological polar surface area (TPSA) is 325 Å². The molecule has 18 heteroatoms.